The number of hydrogen-bond acceptors (Lipinski definition) is 4. The molecule has 0 aromatic heterocycles. The lowest BCUT2D eigenvalue weighted by atomic mass is 10.1. The molecule has 0 aliphatic heterocycles. The van der Waals surface area contributed by atoms with Crippen LogP contribution in [0.15, 0.2) is 46.9 Å². The van der Waals surface area contributed by atoms with Crippen molar-refractivity contribution in [2.24, 2.45) is 0 Å². The Morgan fingerprint density at radius 1 is 1.15 bits per heavy atom. The van der Waals surface area contributed by atoms with E-state index in [1.807, 2.05) is 0 Å². The minimum absolute atomic E-state index is 0.0846. The van der Waals surface area contributed by atoms with E-state index in [0.717, 1.165) is 6.07 Å². The molecule has 2 rings (SSSR count). The van der Waals surface area contributed by atoms with Crippen molar-refractivity contribution < 1.29 is 19.6 Å². The fourth-order valence-electron chi connectivity index (χ4n) is 1.62. The van der Waals surface area contributed by atoms with Crippen LogP contribution in [0.4, 0.5) is 5.69 Å². The quantitative estimate of drug-likeness (QED) is 0.676. The predicted molar refractivity (Wildman–Crippen MR) is 74.3 cm³/mol. The van der Waals surface area contributed by atoms with Crippen molar-refractivity contribution in [1.82, 2.24) is 0 Å². The van der Waals surface area contributed by atoms with Crippen LogP contribution in [0, 0.1) is 10.1 Å². The summed E-state index contributed by atoms with van der Waals surface area (Å²) < 4.78 is 6.07. The molecular formula is C13H8BrNO5. The molecule has 0 bridgehead atoms. The third-order valence-corrected chi connectivity index (χ3v) is 3.13. The lowest BCUT2D eigenvalue weighted by molar-refractivity contribution is -0.385. The van der Waals surface area contributed by atoms with Crippen molar-refractivity contribution in [1.29, 1.82) is 0 Å². The standard InChI is InChI=1S/C13H8BrNO5/c14-8-4-1-2-6-10(8)20-11-7-3-5-9(15(18)19)12(11)13(16)17/h1-7H,(H,16,17). The summed E-state index contributed by atoms with van der Waals surface area (Å²) in [7, 11) is 0. The highest BCUT2D eigenvalue weighted by Crippen LogP contribution is 2.34. The largest absolute Gasteiger partial charge is 0.477 e. The van der Waals surface area contributed by atoms with Crippen LogP contribution in [-0.4, -0.2) is 16.0 Å². The molecule has 0 radical (unpaired) electrons. The molecule has 1 N–H and O–H groups in total. The Morgan fingerprint density at radius 3 is 2.40 bits per heavy atom. The molecule has 2 aromatic carbocycles. The summed E-state index contributed by atoms with van der Waals surface area (Å²) in [5.41, 5.74) is -0.990. The molecule has 7 heteroatoms. The molecule has 0 unspecified atom stereocenters. The molecule has 0 saturated heterocycles. The maximum Gasteiger partial charge on any atom is 0.346 e. The van der Waals surface area contributed by atoms with Gasteiger partial charge in [-0.05, 0) is 34.1 Å². The Labute approximate surface area is 121 Å². The lowest BCUT2D eigenvalue weighted by Crippen LogP contribution is -2.05. The van der Waals surface area contributed by atoms with Gasteiger partial charge in [-0.1, -0.05) is 18.2 Å². The Bertz CT molecular complexity index is 686. The Hall–Kier alpha value is -2.41. The second kappa shape index (κ2) is 5.70. The average Bonchev–Trinajstić information content (AvgIpc) is 2.40. The molecule has 0 fully saturated rings. The van der Waals surface area contributed by atoms with E-state index in [4.69, 9.17) is 9.84 Å². The minimum Gasteiger partial charge on any atom is -0.477 e. The van der Waals surface area contributed by atoms with E-state index in [9.17, 15) is 14.9 Å². The summed E-state index contributed by atoms with van der Waals surface area (Å²) in [6.07, 6.45) is 0. The highest BCUT2D eigenvalue weighted by Gasteiger charge is 2.25. The van der Waals surface area contributed by atoms with Gasteiger partial charge in [0, 0.05) is 6.07 Å². The van der Waals surface area contributed by atoms with E-state index in [0.29, 0.717) is 10.2 Å². The van der Waals surface area contributed by atoms with E-state index in [1.54, 1.807) is 24.3 Å². The number of halogens is 1. The first-order chi connectivity index (χ1) is 9.50. The van der Waals surface area contributed by atoms with E-state index in [2.05, 4.69) is 15.9 Å². The van der Waals surface area contributed by atoms with Crippen molar-refractivity contribution >= 4 is 27.6 Å². The van der Waals surface area contributed by atoms with Crippen LogP contribution in [0.3, 0.4) is 0 Å². The van der Waals surface area contributed by atoms with Gasteiger partial charge in [0.1, 0.15) is 11.5 Å². The fourth-order valence-corrected chi connectivity index (χ4v) is 1.98. The van der Waals surface area contributed by atoms with Crippen LogP contribution >= 0.6 is 15.9 Å². The first-order valence-electron chi connectivity index (χ1n) is 5.44. The maximum absolute atomic E-state index is 11.2. The van der Waals surface area contributed by atoms with Gasteiger partial charge in [-0.2, -0.15) is 0 Å². The van der Waals surface area contributed by atoms with Gasteiger partial charge in [-0.25, -0.2) is 4.79 Å². The number of nitro benzene ring substituents is 1. The number of carboxylic acid groups (broad SMARTS) is 1. The van der Waals surface area contributed by atoms with Crippen molar-refractivity contribution in [3.8, 4) is 11.5 Å². The molecule has 2 aromatic rings. The van der Waals surface area contributed by atoms with Crippen LogP contribution in [0.25, 0.3) is 0 Å². The van der Waals surface area contributed by atoms with Gasteiger partial charge >= 0.3 is 5.97 Å². The monoisotopic (exact) mass is 337 g/mol. The summed E-state index contributed by atoms with van der Waals surface area (Å²) in [6.45, 7) is 0. The van der Waals surface area contributed by atoms with Crippen molar-refractivity contribution in [3.63, 3.8) is 0 Å². The minimum atomic E-state index is -1.42. The number of ether oxygens (including phenoxy) is 1. The summed E-state index contributed by atoms with van der Waals surface area (Å²) in [4.78, 5) is 21.3. The van der Waals surface area contributed by atoms with Crippen molar-refractivity contribution in [2.75, 3.05) is 0 Å². The van der Waals surface area contributed by atoms with Crippen LogP contribution in [0.5, 0.6) is 11.5 Å². The SMILES string of the molecule is O=C(O)c1c(Oc2ccccc2Br)cccc1[N+](=O)[O-]. The molecule has 6 nitrogen and oxygen atoms in total. The topological polar surface area (TPSA) is 89.7 Å². The molecule has 20 heavy (non-hydrogen) atoms. The molecule has 0 atom stereocenters. The van der Waals surface area contributed by atoms with Crippen LogP contribution < -0.4 is 4.74 Å². The molecule has 102 valence electrons. The van der Waals surface area contributed by atoms with Crippen molar-refractivity contribution in [2.45, 2.75) is 0 Å². The zero-order valence-corrected chi connectivity index (χ0v) is 11.5. The summed E-state index contributed by atoms with van der Waals surface area (Å²) in [5, 5.41) is 20.0. The highest BCUT2D eigenvalue weighted by molar-refractivity contribution is 9.10. The van der Waals surface area contributed by atoms with Gasteiger partial charge in [0.2, 0.25) is 0 Å². The number of aromatic carboxylic acids is 1. The smallest absolute Gasteiger partial charge is 0.346 e. The molecule has 0 heterocycles. The first-order valence-corrected chi connectivity index (χ1v) is 6.23. The van der Waals surface area contributed by atoms with Crippen LogP contribution in [0.2, 0.25) is 0 Å². The van der Waals surface area contributed by atoms with E-state index >= 15 is 0 Å². The maximum atomic E-state index is 11.2. The number of para-hydroxylation sites is 1. The molecule has 0 amide bonds. The van der Waals surface area contributed by atoms with Gasteiger partial charge in [0.15, 0.2) is 5.56 Å². The number of benzene rings is 2. The summed E-state index contributed by atoms with van der Waals surface area (Å²) in [6, 6.07) is 10.7. The number of rotatable bonds is 4. The van der Waals surface area contributed by atoms with Crippen LogP contribution in [-0.2, 0) is 0 Å². The molecule has 0 saturated carbocycles. The van der Waals surface area contributed by atoms with E-state index in [-0.39, 0.29) is 5.75 Å². The first kappa shape index (κ1) is 14.0. The molecule has 0 aliphatic rings. The zero-order valence-electron chi connectivity index (χ0n) is 9.95. The van der Waals surface area contributed by atoms with Gasteiger partial charge in [0.05, 0.1) is 9.40 Å². The number of nitro groups is 1. The van der Waals surface area contributed by atoms with Crippen molar-refractivity contribution in [3.05, 3.63) is 62.6 Å². The molecular weight excluding hydrogens is 330 g/mol. The van der Waals surface area contributed by atoms with Gasteiger partial charge in [-0.3, -0.25) is 10.1 Å². The van der Waals surface area contributed by atoms with Gasteiger partial charge in [-0.15, -0.1) is 0 Å². The summed E-state index contributed by atoms with van der Waals surface area (Å²) >= 11 is 3.26. The number of nitrogens with zero attached hydrogens (tertiary/aromatic N) is 1. The average molecular weight is 338 g/mol. The fraction of sp³-hybridized carbons (Fsp3) is 0. The van der Waals surface area contributed by atoms with Gasteiger partial charge in [0.25, 0.3) is 5.69 Å². The Morgan fingerprint density at radius 2 is 1.80 bits per heavy atom. The second-order valence-electron chi connectivity index (χ2n) is 3.75. The Kier molecular flexibility index (Phi) is 3.99. The number of carbonyl (C=O) groups is 1. The van der Waals surface area contributed by atoms with Crippen LogP contribution in [0.1, 0.15) is 10.4 Å². The summed E-state index contributed by atoms with van der Waals surface area (Å²) in [5.74, 6) is -1.13. The molecule has 0 spiro atoms. The molecule has 0 aliphatic carbocycles. The zero-order chi connectivity index (χ0) is 14.7. The third kappa shape index (κ3) is 2.77. The highest BCUT2D eigenvalue weighted by atomic mass is 79.9. The van der Waals surface area contributed by atoms with E-state index in [1.165, 1.54) is 12.1 Å². The predicted octanol–water partition coefficient (Wildman–Crippen LogP) is 3.85. The Balaban J connectivity index is 2.52. The normalized spacial score (nSPS) is 10.1. The number of hydrogen-bond donors (Lipinski definition) is 1. The van der Waals surface area contributed by atoms with E-state index < -0.39 is 22.1 Å². The lowest BCUT2D eigenvalue weighted by Gasteiger charge is -2.10. The third-order valence-electron chi connectivity index (χ3n) is 2.47. The van der Waals surface area contributed by atoms with Gasteiger partial charge < -0.3 is 9.84 Å². The second-order valence-corrected chi connectivity index (χ2v) is 4.60. The number of carboxylic acids is 1.